The fourth-order valence-electron chi connectivity index (χ4n) is 1.30. The summed E-state index contributed by atoms with van der Waals surface area (Å²) in [6.07, 6.45) is 3.38. The van der Waals surface area contributed by atoms with Crippen molar-refractivity contribution < 1.29 is 9.53 Å². The molecule has 74 valence electrons. The topological polar surface area (TPSA) is 26.3 Å². The number of hydrogen-bond donors (Lipinski definition) is 0. The molecule has 1 aromatic carbocycles. The monoisotopic (exact) mass is 190 g/mol. The van der Waals surface area contributed by atoms with Crippen LogP contribution in [0.15, 0.2) is 36.9 Å². The molecule has 0 N–H and O–H groups in total. The second kappa shape index (κ2) is 5.22. The number of aldehydes is 1. The van der Waals surface area contributed by atoms with E-state index in [4.69, 9.17) is 4.74 Å². The van der Waals surface area contributed by atoms with Gasteiger partial charge in [-0.15, -0.1) is 6.58 Å². The molecule has 0 saturated heterocycles. The maximum Gasteiger partial charge on any atom is 0.127 e. The van der Waals surface area contributed by atoms with Crippen LogP contribution in [0.1, 0.15) is 17.9 Å². The van der Waals surface area contributed by atoms with Crippen molar-refractivity contribution in [2.75, 3.05) is 7.11 Å². The zero-order chi connectivity index (χ0) is 10.4. The maximum absolute atomic E-state index is 10.8. The van der Waals surface area contributed by atoms with Crippen LogP contribution in [0.4, 0.5) is 0 Å². The van der Waals surface area contributed by atoms with Gasteiger partial charge in [0.05, 0.1) is 7.11 Å². The number of benzene rings is 1. The Labute approximate surface area is 84.2 Å². The Bertz CT molecular complexity index is 301. The van der Waals surface area contributed by atoms with Crippen LogP contribution < -0.4 is 4.74 Å². The summed E-state index contributed by atoms with van der Waals surface area (Å²) in [5, 5.41) is 0. The predicted octanol–water partition coefficient (Wildman–Crippen LogP) is 2.55. The summed E-state index contributed by atoms with van der Waals surface area (Å²) in [7, 11) is 1.62. The first kappa shape index (κ1) is 10.5. The number of carbonyl (C=O) groups excluding carboxylic acids is 1. The van der Waals surface area contributed by atoms with Gasteiger partial charge in [-0.2, -0.15) is 0 Å². The summed E-state index contributed by atoms with van der Waals surface area (Å²) in [4.78, 5) is 10.8. The molecular weight excluding hydrogens is 176 g/mol. The molecule has 0 aliphatic carbocycles. The van der Waals surface area contributed by atoms with E-state index in [1.54, 1.807) is 13.2 Å². The SMILES string of the molecule is C=CC[C@@H](C=O)c1ccc(OC)cc1. The van der Waals surface area contributed by atoms with E-state index >= 15 is 0 Å². The van der Waals surface area contributed by atoms with Crippen molar-refractivity contribution in [2.24, 2.45) is 0 Å². The summed E-state index contributed by atoms with van der Waals surface area (Å²) in [6, 6.07) is 7.52. The summed E-state index contributed by atoms with van der Waals surface area (Å²) < 4.78 is 5.03. The minimum Gasteiger partial charge on any atom is -0.497 e. The molecular formula is C12H14O2. The van der Waals surface area contributed by atoms with Crippen LogP contribution in [-0.4, -0.2) is 13.4 Å². The Morgan fingerprint density at radius 2 is 2.07 bits per heavy atom. The van der Waals surface area contributed by atoms with E-state index in [1.165, 1.54) is 0 Å². The molecule has 0 aromatic heterocycles. The summed E-state index contributed by atoms with van der Waals surface area (Å²) in [5.41, 5.74) is 1.00. The van der Waals surface area contributed by atoms with Crippen molar-refractivity contribution in [3.63, 3.8) is 0 Å². The lowest BCUT2D eigenvalue weighted by Gasteiger charge is -2.08. The third kappa shape index (κ3) is 2.46. The van der Waals surface area contributed by atoms with E-state index in [0.717, 1.165) is 17.6 Å². The van der Waals surface area contributed by atoms with E-state index < -0.39 is 0 Å². The average Bonchev–Trinajstić information content (AvgIpc) is 2.26. The molecule has 0 aliphatic rings. The van der Waals surface area contributed by atoms with Crippen LogP contribution >= 0.6 is 0 Å². The minimum atomic E-state index is -0.0848. The lowest BCUT2D eigenvalue weighted by atomic mass is 9.97. The van der Waals surface area contributed by atoms with Crippen LogP contribution in [0.5, 0.6) is 5.75 Å². The molecule has 2 nitrogen and oxygen atoms in total. The number of ether oxygens (including phenoxy) is 1. The Balaban J connectivity index is 2.82. The van der Waals surface area contributed by atoms with Gasteiger partial charge >= 0.3 is 0 Å². The molecule has 14 heavy (non-hydrogen) atoms. The van der Waals surface area contributed by atoms with Gasteiger partial charge < -0.3 is 9.53 Å². The maximum atomic E-state index is 10.8. The van der Waals surface area contributed by atoms with Gasteiger partial charge in [0, 0.05) is 5.92 Å². The van der Waals surface area contributed by atoms with Gasteiger partial charge in [-0.05, 0) is 24.1 Å². The zero-order valence-corrected chi connectivity index (χ0v) is 8.27. The first-order chi connectivity index (χ1) is 6.81. The molecule has 0 fully saturated rings. The lowest BCUT2D eigenvalue weighted by molar-refractivity contribution is -0.109. The van der Waals surface area contributed by atoms with Gasteiger partial charge in [-0.1, -0.05) is 18.2 Å². The molecule has 0 saturated carbocycles. The Hall–Kier alpha value is -1.57. The number of allylic oxidation sites excluding steroid dienone is 1. The fraction of sp³-hybridized carbons (Fsp3) is 0.250. The van der Waals surface area contributed by atoms with E-state index in [-0.39, 0.29) is 5.92 Å². The summed E-state index contributed by atoms with van der Waals surface area (Å²) >= 11 is 0. The number of rotatable bonds is 5. The molecule has 0 heterocycles. The van der Waals surface area contributed by atoms with Gasteiger partial charge in [0.1, 0.15) is 12.0 Å². The third-order valence-electron chi connectivity index (χ3n) is 2.13. The van der Waals surface area contributed by atoms with Crippen molar-refractivity contribution in [2.45, 2.75) is 12.3 Å². The van der Waals surface area contributed by atoms with Crippen molar-refractivity contribution in [1.29, 1.82) is 0 Å². The van der Waals surface area contributed by atoms with E-state index in [2.05, 4.69) is 6.58 Å². The van der Waals surface area contributed by atoms with Crippen LogP contribution in [0.2, 0.25) is 0 Å². The van der Waals surface area contributed by atoms with E-state index in [0.29, 0.717) is 6.42 Å². The van der Waals surface area contributed by atoms with E-state index in [9.17, 15) is 4.79 Å². The van der Waals surface area contributed by atoms with E-state index in [1.807, 2.05) is 24.3 Å². The predicted molar refractivity (Wildman–Crippen MR) is 56.6 cm³/mol. The lowest BCUT2D eigenvalue weighted by Crippen LogP contribution is -1.98. The van der Waals surface area contributed by atoms with Crippen LogP contribution in [0, 0.1) is 0 Å². The number of hydrogen-bond acceptors (Lipinski definition) is 2. The summed E-state index contributed by atoms with van der Waals surface area (Å²) in [5.74, 6) is 0.718. The molecule has 0 unspecified atom stereocenters. The molecule has 2 heteroatoms. The first-order valence-electron chi connectivity index (χ1n) is 4.52. The quantitative estimate of drug-likeness (QED) is 0.527. The van der Waals surface area contributed by atoms with Gasteiger partial charge in [0.25, 0.3) is 0 Å². The van der Waals surface area contributed by atoms with Crippen molar-refractivity contribution in [3.8, 4) is 5.75 Å². The molecule has 0 aliphatic heterocycles. The second-order valence-electron chi connectivity index (χ2n) is 3.04. The molecule has 0 bridgehead atoms. The highest BCUT2D eigenvalue weighted by molar-refractivity contribution is 5.62. The van der Waals surface area contributed by atoms with Crippen molar-refractivity contribution in [1.82, 2.24) is 0 Å². The molecule has 1 aromatic rings. The fourth-order valence-corrected chi connectivity index (χ4v) is 1.30. The van der Waals surface area contributed by atoms with Gasteiger partial charge in [0.2, 0.25) is 0 Å². The number of carbonyl (C=O) groups is 1. The van der Waals surface area contributed by atoms with Crippen molar-refractivity contribution in [3.05, 3.63) is 42.5 Å². The molecule has 0 spiro atoms. The highest BCUT2D eigenvalue weighted by Gasteiger charge is 2.07. The third-order valence-corrected chi connectivity index (χ3v) is 2.13. The smallest absolute Gasteiger partial charge is 0.127 e. The van der Waals surface area contributed by atoms with Crippen LogP contribution in [0.3, 0.4) is 0 Å². The Morgan fingerprint density at radius 3 is 2.50 bits per heavy atom. The highest BCUT2D eigenvalue weighted by atomic mass is 16.5. The Morgan fingerprint density at radius 1 is 1.43 bits per heavy atom. The average molecular weight is 190 g/mol. The standard InChI is InChI=1S/C12H14O2/c1-3-4-11(9-13)10-5-7-12(14-2)8-6-10/h3,5-9,11H,1,4H2,2H3/t11-/m0/s1. The van der Waals surface area contributed by atoms with Gasteiger partial charge in [-0.25, -0.2) is 0 Å². The zero-order valence-electron chi connectivity index (χ0n) is 8.27. The van der Waals surface area contributed by atoms with Crippen LogP contribution in [0.25, 0.3) is 0 Å². The second-order valence-corrected chi connectivity index (χ2v) is 3.04. The van der Waals surface area contributed by atoms with Crippen molar-refractivity contribution >= 4 is 6.29 Å². The minimum absolute atomic E-state index is 0.0848. The first-order valence-corrected chi connectivity index (χ1v) is 4.52. The highest BCUT2D eigenvalue weighted by Crippen LogP contribution is 2.20. The summed E-state index contributed by atoms with van der Waals surface area (Å²) in [6.45, 7) is 3.62. The Kier molecular flexibility index (Phi) is 3.92. The van der Waals surface area contributed by atoms with Gasteiger partial charge in [-0.3, -0.25) is 0 Å². The molecule has 0 radical (unpaired) electrons. The largest absolute Gasteiger partial charge is 0.497 e. The van der Waals surface area contributed by atoms with Gasteiger partial charge in [0.15, 0.2) is 0 Å². The molecule has 1 rings (SSSR count). The molecule has 1 atom stereocenters. The molecule has 0 amide bonds. The normalized spacial score (nSPS) is 11.8. The van der Waals surface area contributed by atoms with Crippen LogP contribution in [-0.2, 0) is 4.79 Å². The number of methoxy groups -OCH3 is 1.